The van der Waals surface area contributed by atoms with Gasteiger partial charge in [-0.2, -0.15) is 4.98 Å². The molecule has 0 aliphatic carbocycles. The van der Waals surface area contributed by atoms with Gasteiger partial charge in [0, 0.05) is 36.0 Å². The summed E-state index contributed by atoms with van der Waals surface area (Å²) < 4.78 is 5.41. The van der Waals surface area contributed by atoms with Crippen molar-refractivity contribution >= 4 is 17.5 Å². The topological polar surface area (TPSA) is 59.2 Å². The van der Waals surface area contributed by atoms with Crippen molar-refractivity contribution in [3.63, 3.8) is 0 Å². The van der Waals surface area contributed by atoms with Crippen LogP contribution >= 0.6 is 11.6 Å². The number of rotatable bonds is 3. The van der Waals surface area contributed by atoms with E-state index in [1.165, 1.54) is 0 Å². The molecule has 1 aromatic heterocycles. The zero-order valence-electron chi connectivity index (χ0n) is 12.5. The summed E-state index contributed by atoms with van der Waals surface area (Å²) >= 11 is 5.99. The monoisotopic (exact) mass is 319 g/mol. The van der Waals surface area contributed by atoms with Gasteiger partial charge in [0.15, 0.2) is 0 Å². The SMILES string of the molecule is CCC(=O)N1CCC(c2nc(-c3cccc(Cl)c3)no2)CC1. The predicted octanol–water partition coefficient (Wildman–Crippen LogP) is 3.51. The molecule has 1 aliphatic rings. The quantitative estimate of drug-likeness (QED) is 0.868. The molecule has 22 heavy (non-hydrogen) atoms. The molecule has 0 unspecified atom stereocenters. The summed E-state index contributed by atoms with van der Waals surface area (Å²) in [6, 6.07) is 7.40. The Morgan fingerprint density at radius 1 is 1.41 bits per heavy atom. The van der Waals surface area contributed by atoms with E-state index >= 15 is 0 Å². The molecule has 5 nitrogen and oxygen atoms in total. The van der Waals surface area contributed by atoms with Crippen molar-refractivity contribution in [3.05, 3.63) is 35.2 Å². The maximum atomic E-state index is 11.7. The average Bonchev–Trinajstić information content (AvgIpc) is 3.04. The molecule has 1 fully saturated rings. The predicted molar refractivity (Wildman–Crippen MR) is 83.6 cm³/mol. The highest BCUT2D eigenvalue weighted by Crippen LogP contribution is 2.29. The second-order valence-corrected chi connectivity index (χ2v) is 5.91. The molecule has 3 rings (SSSR count). The van der Waals surface area contributed by atoms with Crippen LogP contribution in [0.1, 0.15) is 38.0 Å². The molecule has 0 saturated carbocycles. The number of nitrogens with zero attached hydrogens (tertiary/aromatic N) is 3. The van der Waals surface area contributed by atoms with E-state index in [1.807, 2.05) is 36.1 Å². The maximum absolute atomic E-state index is 11.7. The first-order chi connectivity index (χ1) is 10.7. The van der Waals surface area contributed by atoms with Gasteiger partial charge in [0.2, 0.25) is 17.6 Å². The van der Waals surface area contributed by atoms with Gasteiger partial charge in [-0.1, -0.05) is 35.8 Å². The molecule has 6 heteroatoms. The Morgan fingerprint density at radius 3 is 2.86 bits per heavy atom. The zero-order valence-corrected chi connectivity index (χ0v) is 13.2. The Bertz CT molecular complexity index is 663. The third-order valence-corrected chi connectivity index (χ3v) is 4.26. The third kappa shape index (κ3) is 3.14. The Balaban J connectivity index is 1.69. The van der Waals surface area contributed by atoms with Crippen LogP contribution in [-0.4, -0.2) is 34.0 Å². The number of carbonyl (C=O) groups is 1. The fourth-order valence-corrected chi connectivity index (χ4v) is 2.94. The van der Waals surface area contributed by atoms with E-state index in [1.54, 1.807) is 0 Å². The number of halogens is 1. The van der Waals surface area contributed by atoms with Crippen molar-refractivity contribution in [1.82, 2.24) is 15.0 Å². The standard InChI is InChI=1S/C16H18ClN3O2/c1-2-14(21)20-8-6-11(7-9-20)16-18-15(19-22-16)12-4-3-5-13(17)10-12/h3-5,10-11H,2,6-9H2,1H3. The van der Waals surface area contributed by atoms with Crippen LogP contribution in [-0.2, 0) is 4.79 Å². The lowest BCUT2D eigenvalue weighted by atomic mass is 9.96. The fourth-order valence-electron chi connectivity index (χ4n) is 2.75. The van der Waals surface area contributed by atoms with E-state index in [9.17, 15) is 4.79 Å². The van der Waals surface area contributed by atoms with Gasteiger partial charge in [-0.3, -0.25) is 4.79 Å². The van der Waals surface area contributed by atoms with Crippen LogP contribution < -0.4 is 0 Å². The minimum absolute atomic E-state index is 0.212. The van der Waals surface area contributed by atoms with Crippen LogP contribution in [0.25, 0.3) is 11.4 Å². The number of carbonyl (C=O) groups excluding carboxylic acids is 1. The van der Waals surface area contributed by atoms with Crippen molar-refractivity contribution in [2.24, 2.45) is 0 Å². The number of aromatic nitrogens is 2. The minimum Gasteiger partial charge on any atom is -0.343 e. The molecule has 2 aromatic rings. The molecule has 2 heterocycles. The highest BCUT2D eigenvalue weighted by atomic mass is 35.5. The third-order valence-electron chi connectivity index (χ3n) is 4.02. The summed E-state index contributed by atoms with van der Waals surface area (Å²) in [4.78, 5) is 18.1. The number of hydrogen-bond acceptors (Lipinski definition) is 4. The average molecular weight is 320 g/mol. The van der Waals surface area contributed by atoms with Crippen LogP contribution in [0.15, 0.2) is 28.8 Å². The van der Waals surface area contributed by atoms with E-state index in [-0.39, 0.29) is 11.8 Å². The zero-order chi connectivity index (χ0) is 15.5. The molecule has 1 saturated heterocycles. The van der Waals surface area contributed by atoms with Crippen molar-refractivity contribution in [2.45, 2.75) is 32.1 Å². The lowest BCUT2D eigenvalue weighted by molar-refractivity contribution is -0.131. The molecule has 1 amide bonds. The highest BCUT2D eigenvalue weighted by molar-refractivity contribution is 6.30. The minimum atomic E-state index is 0.212. The largest absolute Gasteiger partial charge is 0.343 e. The maximum Gasteiger partial charge on any atom is 0.230 e. The molecule has 0 spiro atoms. The van der Waals surface area contributed by atoms with E-state index < -0.39 is 0 Å². The van der Waals surface area contributed by atoms with Crippen LogP contribution in [0.3, 0.4) is 0 Å². The molecule has 0 N–H and O–H groups in total. The summed E-state index contributed by atoms with van der Waals surface area (Å²) in [6.45, 7) is 3.40. The Labute approximate surface area is 134 Å². The van der Waals surface area contributed by atoms with Crippen molar-refractivity contribution in [3.8, 4) is 11.4 Å². The lowest BCUT2D eigenvalue weighted by Crippen LogP contribution is -2.37. The van der Waals surface area contributed by atoms with Crippen LogP contribution in [0.2, 0.25) is 5.02 Å². The van der Waals surface area contributed by atoms with Crippen molar-refractivity contribution in [1.29, 1.82) is 0 Å². The van der Waals surface area contributed by atoms with Gasteiger partial charge < -0.3 is 9.42 Å². The van der Waals surface area contributed by atoms with E-state index in [4.69, 9.17) is 16.1 Å². The van der Waals surface area contributed by atoms with Gasteiger partial charge in [0.05, 0.1) is 0 Å². The van der Waals surface area contributed by atoms with Gasteiger partial charge >= 0.3 is 0 Å². The highest BCUT2D eigenvalue weighted by Gasteiger charge is 2.27. The fraction of sp³-hybridized carbons (Fsp3) is 0.438. The van der Waals surface area contributed by atoms with E-state index in [2.05, 4.69) is 10.1 Å². The number of benzene rings is 1. The Kier molecular flexibility index (Phi) is 4.43. The molecule has 0 bridgehead atoms. The first-order valence-electron chi connectivity index (χ1n) is 7.54. The first kappa shape index (κ1) is 15.0. The van der Waals surface area contributed by atoms with Gasteiger partial charge in [-0.15, -0.1) is 0 Å². The molecular weight excluding hydrogens is 302 g/mol. The second kappa shape index (κ2) is 6.48. The van der Waals surface area contributed by atoms with Crippen LogP contribution in [0.5, 0.6) is 0 Å². The molecule has 116 valence electrons. The van der Waals surface area contributed by atoms with Crippen molar-refractivity contribution < 1.29 is 9.32 Å². The summed E-state index contributed by atoms with van der Waals surface area (Å²) in [5.74, 6) is 1.65. The Morgan fingerprint density at radius 2 is 2.18 bits per heavy atom. The number of likely N-dealkylation sites (tertiary alicyclic amines) is 1. The second-order valence-electron chi connectivity index (χ2n) is 5.48. The first-order valence-corrected chi connectivity index (χ1v) is 7.92. The molecule has 0 atom stereocenters. The van der Waals surface area contributed by atoms with Gasteiger partial charge in [0.1, 0.15) is 0 Å². The lowest BCUT2D eigenvalue weighted by Gasteiger charge is -2.30. The molecule has 0 radical (unpaired) electrons. The van der Waals surface area contributed by atoms with Crippen LogP contribution in [0.4, 0.5) is 0 Å². The smallest absolute Gasteiger partial charge is 0.230 e. The van der Waals surface area contributed by atoms with Gasteiger partial charge in [-0.05, 0) is 25.0 Å². The van der Waals surface area contributed by atoms with E-state index in [0.717, 1.165) is 31.5 Å². The number of hydrogen-bond donors (Lipinski definition) is 0. The molecule has 1 aromatic carbocycles. The number of amides is 1. The summed E-state index contributed by atoms with van der Waals surface area (Å²) in [5, 5.41) is 4.70. The molecular formula is C16H18ClN3O2. The van der Waals surface area contributed by atoms with Gasteiger partial charge in [-0.25, -0.2) is 0 Å². The van der Waals surface area contributed by atoms with Crippen molar-refractivity contribution in [2.75, 3.05) is 13.1 Å². The Hall–Kier alpha value is -1.88. The van der Waals surface area contributed by atoms with Crippen LogP contribution in [0, 0.1) is 0 Å². The molecule has 1 aliphatic heterocycles. The van der Waals surface area contributed by atoms with E-state index in [0.29, 0.717) is 23.2 Å². The normalized spacial score (nSPS) is 16.0. The summed E-state index contributed by atoms with van der Waals surface area (Å²) in [7, 11) is 0. The van der Waals surface area contributed by atoms with Gasteiger partial charge in [0.25, 0.3) is 0 Å². The number of piperidine rings is 1. The summed E-state index contributed by atoms with van der Waals surface area (Å²) in [6.07, 6.45) is 2.29. The summed E-state index contributed by atoms with van der Waals surface area (Å²) in [5.41, 5.74) is 0.848.